The number of anilines is 1. The molecule has 35 heavy (non-hydrogen) atoms. The normalized spacial score (nSPS) is 15.7. The van der Waals surface area contributed by atoms with Crippen LogP contribution < -0.4 is 5.32 Å². The fourth-order valence-electron chi connectivity index (χ4n) is 3.85. The first-order valence-corrected chi connectivity index (χ1v) is 12.4. The van der Waals surface area contributed by atoms with Crippen LogP contribution in [0.15, 0.2) is 31.0 Å². The van der Waals surface area contributed by atoms with E-state index in [1.54, 1.807) is 13.0 Å². The van der Waals surface area contributed by atoms with Crippen molar-refractivity contribution in [1.29, 1.82) is 5.26 Å². The molecule has 0 aliphatic carbocycles. The Hall–Kier alpha value is -3.57. The average molecular weight is 507 g/mol. The molecular formula is C21H21F3N8O2S. The molecule has 3 aromatic heterocycles. The molecule has 4 heterocycles. The molecule has 0 spiro atoms. The van der Waals surface area contributed by atoms with Gasteiger partial charge in [-0.2, -0.15) is 18.4 Å². The zero-order valence-electron chi connectivity index (χ0n) is 18.8. The molecule has 0 saturated carbocycles. The Labute approximate surface area is 199 Å². The van der Waals surface area contributed by atoms with Gasteiger partial charge in [-0.05, 0) is 25.8 Å². The highest BCUT2D eigenvalue weighted by atomic mass is 32.2. The van der Waals surface area contributed by atoms with Crippen molar-refractivity contribution in [2.24, 2.45) is 0 Å². The topological polar surface area (TPSA) is 130 Å². The number of halogens is 3. The number of nitrogens with zero attached hydrogens (tertiary/aromatic N) is 7. The quantitative estimate of drug-likeness (QED) is 0.559. The van der Waals surface area contributed by atoms with Crippen molar-refractivity contribution in [2.45, 2.75) is 32.0 Å². The lowest BCUT2D eigenvalue weighted by molar-refractivity contribution is -0.137. The Morgan fingerprint density at radius 3 is 2.54 bits per heavy atom. The lowest BCUT2D eigenvalue weighted by Crippen LogP contribution is -2.42. The number of nitriles is 1. The number of sulfonamides is 1. The summed E-state index contributed by atoms with van der Waals surface area (Å²) in [6, 6.07) is 3.41. The highest BCUT2D eigenvalue weighted by Crippen LogP contribution is 2.36. The first-order chi connectivity index (χ1) is 16.5. The molecule has 1 fully saturated rings. The van der Waals surface area contributed by atoms with Gasteiger partial charge in [0.1, 0.15) is 29.3 Å². The lowest BCUT2D eigenvalue weighted by atomic mass is 10.1. The number of hydrogen-bond acceptors (Lipinski definition) is 8. The van der Waals surface area contributed by atoms with Gasteiger partial charge in [0.25, 0.3) is 0 Å². The second kappa shape index (κ2) is 9.23. The molecule has 0 aromatic carbocycles. The minimum atomic E-state index is -4.72. The maximum atomic E-state index is 13.7. The van der Waals surface area contributed by atoms with E-state index in [9.17, 15) is 26.9 Å². The van der Waals surface area contributed by atoms with Crippen LogP contribution in [0.5, 0.6) is 0 Å². The minimum absolute atomic E-state index is 0.0159. The van der Waals surface area contributed by atoms with Crippen molar-refractivity contribution in [3.63, 3.8) is 0 Å². The third-order valence-corrected chi connectivity index (χ3v) is 6.99. The van der Waals surface area contributed by atoms with E-state index in [0.29, 0.717) is 43.5 Å². The Bertz CT molecular complexity index is 1390. The SMILES string of the molecule is Cc1nccc(-n2cnc(-c3nc(NC4CCN(S(C)(=O)=O)CC4)ncc3C(F)(F)F)c2)c1C#N. The van der Waals surface area contributed by atoms with Crippen molar-refractivity contribution in [1.82, 2.24) is 28.8 Å². The number of alkyl halides is 3. The van der Waals surface area contributed by atoms with E-state index in [2.05, 4.69) is 25.3 Å². The number of imidazole rings is 1. The van der Waals surface area contributed by atoms with E-state index in [-0.39, 0.29) is 23.2 Å². The second-order valence-electron chi connectivity index (χ2n) is 8.10. The molecule has 1 aliphatic rings. The van der Waals surface area contributed by atoms with E-state index >= 15 is 0 Å². The van der Waals surface area contributed by atoms with Gasteiger partial charge in [0.05, 0.1) is 23.2 Å². The van der Waals surface area contributed by atoms with Crippen molar-refractivity contribution in [2.75, 3.05) is 24.7 Å². The maximum absolute atomic E-state index is 13.7. The molecule has 1 saturated heterocycles. The minimum Gasteiger partial charge on any atom is -0.351 e. The molecule has 0 amide bonds. The van der Waals surface area contributed by atoms with Gasteiger partial charge in [-0.1, -0.05) is 0 Å². The highest BCUT2D eigenvalue weighted by Gasteiger charge is 2.36. The summed E-state index contributed by atoms with van der Waals surface area (Å²) >= 11 is 0. The van der Waals surface area contributed by atoms with Crippen LogP contribution in [0.25, 0.3) is 17.1 Å². The van der Waals surface area contributed by atoms with E-state index in [0.717, 1.165) is 6.26 Å². The average Bonchev–Trinajstić information content (AvgIpc) is 3.28. The van der Waals surface area contributed by atoms with Gasteiger partial charge in [0, 0.05) is 37.7 Å². The second-order valence-corrected chi connectivity index (χ2v) is 10.1. The predicted molar refractivity (Wildman–Crippen MR) is 120 cm³/mol. The van der Waals surface area contributed by atoms with Gasteiger partial charge >= 0.3 is 6.18 Å². The molecule has 184 valence electrons. The molecule has 0 atom stereocenters. The lowest BCUT2D eigenvalue weighted by Gasteiger charge is -2.30. The number of piperidine rings is 1. The predicted octanol–water partition coefficient (Wildman–Crippen LogP) is 2.76. The third kappa shape index (κ3) is 5.25. The Kier molecular flexibility index (Phi) is 6.48. The highest BCUT2D eigenvalue weighted by molar-refractivity contribution is 7.88. The molecule has 0 unspecified atom stereocenters. The largest absolute Gasteiger partial charge is 0.420 e. The first-order valence-electron chi connectivity index (χ1n) is 10.5. The van der Waals surface area contributed by atoms with Gasteiger partial charge in [-0.25, -0.2) is 27.7 Å². The molecule has 0 bridgehead atoms. The maximum Gasteiger partial charge on any atom is 0.420 e. The molecule has 3 aromatic rings. The van der Waals surface area contributed by atoms with Crippen LogP contribution in [-0.4, -0.2) is 62.6 Å². The first kappa shape index (κ1) is 24.6. The van der Waals surface area contributed by atoms with E-state index < -0.39 is 27.5 Å². The molecule has 14 heteroatoms. The van der Waals surface area contributed by atoms with Crippen molar-refractivity contribution in [3.8, 4) is 23.1 Å². The standard InChI is InChI=1S/C21H21F3N8O2S/c1-13-15(9-25)18(3-6-26-13)31-11-17(28-12-31)19-16(21(22,23)24)10-27-20(30-19)29-14-4-7-32(8-5-14)35(2,33)34/h3,6,10-12,14H,4-5,7-8H2,1-2H3,(H,27,29,30). The summed E-state index contributed by atoms with van der Waals surface area (Å²) in [4.78, 5) is 16.1. The summed E-state index contributed by atoms with van der Waals surface area (Å²) < 4.78 is 67.4. The number of aromatic nitrogens is 5. The summed E-state index contributed by atoms with van der Waals surface area (Å²) in [6.45, 7) is 2.24. The zero-order valence-corrected chi connectivity index (χ0v) is 19.6. The molecule has 1 N–H and O–H groups in total. The van der Waals surface area contributed by atoms with E-state index in [1.165, 1.54) is 27.6 Å². The molecule has 0 radical (unpaired) electrons. The van der Waals surface area contributed by atoms with E-state index in [1.807, 2.05) is 6.07 Å². The smallest absolute Gasteiger partial charge is 0.351 e. The summed E-state index contributed by atoms with van der Waals surface area (Å²) in [6.07, 6.45) is 2.20. The number of rotatable bonds is 5. The Morgan fingerprint density at radius 1 is 1.20 bits per heavy atom. The van der Waals surface area contributed by atoms with Gasteiger partial charge < -0.3 is 9.88 Å². The summed E-state index contributed by atoms with van der Waals surface area (Å²) in [5, 5.41) is 12.5. The van der Waals surface area contributed by atoms with Crippen LogP contribution in [-0.2, 0) is 16.2 Å². The number of nitrogens with one attached hydrogen (secondary N) is 1. The van der Waals surface area contributed by atoms with Crippen LogP contribution in [0.3, 0.4) is 0 Å². The number of hydrogen-bond donors (Lipinski definition) is 1. The zero-order chi connectivity index (χ0) is 25.4. The van der Waals surface area contributed by atoms with Crippen molar-refractivity contribution >= 4 is 16.0 Å². The van der Waals surface area contributed by atoms with Crippen LogP contribution in [0.2, 0.25) is 0 Å². The van der Waals surface area contributed by atoms with Gasteiger partial charge in [0.2, 0.25) is 16.0 Å². The van der Waals surface area contributed by atoms with Crippen LogP contribution >= 0.6 is 0 Å². The van der Waals surface area contributed by atoms with Crippen LogP contribution in [0, 0.1) is 18.3 Å². The number of aryl methyl sites for hydroxylation is 1. The van der Waals surface area contributed by atoms with Crippen molar-refractivity contribution < 1.29 is 21.6 Å². The van der Waals surface area contributed by atoms with Gasteiger partial charge in [0.15, 0.2) is 0 Å². The van der Waals surface area contributed by atoms with Gasteiger partial charge in [-0.15, -0.1) is 0 Å². The Balaban J connectivity index is 1.65. The fraction of sp³-hybridized carbons (Fsp3) is 0.381. The fourth-order valence-corrected chi connectivity index (χ4v) is 4.73. The monoisotopic (exact) mass is 506 g/mol. The van der Waals surface area contributed by atoms with Crippen LogP contribution in [0.4, 0.5) is 19.1 Å². The van der Waals surface area contributed by atoms with Gasteiger partial charge in [-0.3, -0.25) is 4.98 Å². The summed E-state index contributed by atoms with van der Waals surface area (Å²) in [7, 11) is -3.30. The summed E-state index contributed by atoms with van der Waals surface area (Å²) in [5.41, 5.74) is -0.326. The third-order valence-electron chi connectivity index (χ3n) is 5.68. The number of pyridine rings is 1. The molecule has 4 rings (SSSR count). The molecular weight excluding hydrogens is 485 g/mol. The van der Waals surface area contributed by atoms with E-state index in [4.69, 9.17) is 0 Å². The molecule has 1 aliphatic heterocycles. The Morgan fingerprint density at radius 2 is 1.91 bits per heavy atom. The molecule has 10 nitrogen and oxygen atoms in total. The van der Waals surface area contributed by atoms with Crippen LogP contribution in [0.1, 0.15) is 29.7 Å². The van der Waals surface area contributed by atoms with Crippen molar-refractivity contribution in [3.05, 3.63) is 47.8 Å². The summed E-state index contributed by atoms with van der Waals surface area (Å²) in [5.74, 6) is -0.0159.